The third kappa shape index (κ3) is 6.18. The standard InChI is InChI=1S/C20H24BrNO3/c1-14(22-19(23)25-13-15-7-5-4-6-8-15)11-16-12-17(20(2,3)24)9-10-18(16)21/h4-10,12,14,24H,11,13H2,1-3H3,(H,22,23). The van der Waals surface area contributed by atoms with Crippen molar-refractivity contribution in [2.24, 2.45) is 0 Å². The van der Waals surface area contributed by atoms with Gasteiger partial charge in [-0.25, -0.2) is 4.79 Å². The molecule has 2 aromatic rings. The van der Waals surface area contributed by atoms with Crippen LogP contribution in [-0.2, 0) is 23.4 Å². The second kappa shape index (κ2) is 8.50. The van der Waals surface area contributed by atoms with Crippen LogP contribution in [0.25, 0.3) is 0 Å². The van der Waals surface area contributed by atoms with E-state index in [1.54, 1.807) is 13.8 Å². The number of carbonyl (C=O) groups is 1. The zero-order valence-corrected chi connectivity index (χ0v) is 16.3. The second-order valence-electron chi connectivity index (χ2n) is 6.68. The van der Waals surface area contributed by atoms with Crippen molar-refractivity contribution in [3.8, 4) is 0 Å². The monoisotopic (exact) mass is 405 g/mol. The van der Waals surface area contributed by atoms with Crippen LogP contribution in [0.2, 0.25) is 0 Å². The first kappa shape index (κ1) is 19.5. The highest BCUT2D eigenvalue weighted by Crippen LogP contribution is 2.26. The van der Waals surface area contributed by atoms with Crippen LogP contribution in [0.4, 0.5) is 4.79 Å². The molecule has 4 nitrogen and oxygen atoms in total. The summed E-state index contributed by atoms with van der Waals surface area (Å²) in [5.41, 5.74) is 1.91. The van der Waals surface area contributed by atoms with Gasteiger partial charge in [0.2, 0.25) is 0 Å². The molecule has 0 fully saturated rings. The zero-order valence-electron chi connectivity index (χ0n) is 14.8. The highest BCUT2D eigenvalue weighted by Gasteiger charge is 2.18. The Morgan fingerprint density at radius 3 is 2.56 bits per heavy atom. The van der Waals surface area contributed by atoms with Crippen LogP contribution < -0.4 is 5.32 Å². The van der Waals surface area contributed by atoms with Gasteiger partial charge < -0.3 is 15.2 Å². The van der Waals surface area contributed by atoms with Gasteiger partial charge in [-0.2, -0.15) is 0 Å². The smallest absolute Gasteiger partial charge is 0.407 e. The van der Waals surface area contributed by atoms with E-state index in [2.05, 4.69) is 21.2 Å². The number of hydrogen-bond acceptors (Lipinski definition) is 3. The molecule has 0 heterocycles. The van der Waals surface area contributed by atoms with Crippen LogP contribution in [0.15, 0.2) is 53.0 Å². The fraction of sp³-hybridized carbons (Fsp3) is 0.350. The molecule has 0 saturated carbocycles. The first-order chi connectivity index (χ1) is 11.8. The Morgan fingerprint density at radius 1 is 1.24 bits per heavy atom. The first-order valence-electron chi connectivity index (χ1n) is 8.24. The lowest BCUT2D eigenvalue weighted by molar-refractivity contribution is 0.0784. The Hall–Kier alpha value is -1.85. The summed E-state index contributed by atoms with van der Waals surface area (Å²) in [6.45, 7) is 5.68. The van der Waals surface area contributed by atoms with Crippen LogP contribution in [-0.4, -0.2) is 17.2 Å². The predicted octanol–water partition coefficient (Wildman–Crippen LogP) is 4.53. The van der Waals surface area contributed by atoms with Crippen molar-refractivity contribution in [2.45, 2.75) is 45.4 Å². The third-order valence-corrected chi connectivity index (χ3v) is 4.63. The third-order valence-electron chi connectivity index (χ3n) is 3.86. The highest BCUT2D eigenvalue weighted by atomic mass is 79.9. The summed E-state index contributed by atoms with van der Waals surface area (Å²) in [7, 11) is 0. The van der Waals surface area contributed by atoms with E-state index in [4.69, 9.17) is 4.74 Å². The number of nitrogens with one attached hydrogen (secondary N) is 1. The molecule has 2 rings (SSSR count). The maximum absolute atomic E-state index is 11.9. The molecule has 0 saturated heterocycles. The van der Waals surface area contributed by atoms with Crippen molar-refractivity contribution < 1.29 is 14.6 Å². The summed E-state index contributed by atoms with van der Waals surface area (Å²) in [5.74, 6) is 0. The molecular weight excluding hydrogens is 382 g/mol. The number of hydrogen-bond donors (Lipinski definition) is 2. The van der Waals surface area contributed by atoms with Crippen LogP contribution >= 0.6 is 15.9 Å². The molecule has 0 spiro atoms. The van der Waals surface area contributed by atoms with Gasteiger partial charge >= 0.3 is 6.09 Å². The van der Waals surface area contributed by atoms with Gasteiger partial charge in [0, 0.05) is 10.5 Å². The lowest BCUT2D eigenvalue weighted by Crippen LogP contribution is -2.34. The molecule has 5 heteroatoms. The Bertz CT molecular complexity index is 711. The van der Waals surface area contributed by atoms with E-state index >= 15 is 0 Å². The quantitative estimate of drug-likeness (QED) is 0.741. The Balaban J connectivity index is 1.91. The number of ether oxygens (including phenoxy) is 1. The average molecular weight is 406 g/mol. The topological polar surface area (TPSA) is 58.6 Å². The molecule has 0 aliphatic heterocycles. The van der Waals surface area contributed by atoms with Crippen molar-refractivity contribution >= 4 is 22.0 Å². The molecule has 0 radical (unpaired) electrons. The summed E-state index contributed by atoms with van der Waals surface area (Å²) in [6, 6.07) is 15.2. The summed E-state index contributed by atoms with van der Waals surface area (Å²) in [6.07, 6.45) is 0.191. The second-order valence-corrected chi connectivity index (χ2v) is 7.53. The van der Waals surface area contributed by atoms with Gasteiger partial charge in [0.1, 0.15) is 6.61 Å². The fourth-order valence-electron chi connectivity index (χ4n) is 2.46. The summed E-state index contributed by atoms with van der Waals surface area (Å²) in [5, 5.41) is 13.0. The number of halogens is 1. The summed E-state index contributed by atoms with van der Waals surface area (Å²) >= 11 is 3.53. The molecule has 1 atom stereocenters. The zero-order chi connectivity index (χ0) is 18.4. The predicted molar refractivity (Wildman–Crippen MR) is 102 cm³/mol. The average Bonchev–Trinajstić information content (AvgIpc) is 2.55. The van der Waals surface area contributed by atoms with E-state index < -0.39 is 11.7 Å². The number of rotatable bonds is 6. The minimum absolute atomic E-state index is 0.100. The van der Waals surface area contributed by atoms with Crippen molar-refractivity contribution in [3.05, 3.63) is 69.7 Å². The highest BCUT2D eigenvalue weighted by molar-refractivity contribution is 9.10. The molecule has 0 aromatic heterocycles. The molecule has 1 amide bonds. The maximum Gasteiger partial charge on any atom is 0.407 e. The van der Waals surface area contributed by atoms with Crippen molar-refractivity contribution in [2.75, 3.05) is 0 Å². The summed E-state index contributed by atoms with van der Waals surface area (Å²) < 4.78 is 6.19. The molecule has 0 aliphatic carbocycles. The molecule has 0 aliphatic rings. The molecule has 1 unspecified atom stereocenters. The minimum Gasteiger partial charge on any atom is -0.445 e. The van der Waals surface area contributed by atoms with E-state index in [-0.39, 0.29) is 12.6 Å². The van der Waals surface area contributed by atoms with Crippen LogP contribution in [0, 0.1) is 0 Å². The van der Waals surface area contributed by atoms with Gasteiger partial charge in [0.05, 0.1) is 5.60 Å². The van der Waals surface area contributed by atoms with Gasteiger partial charge in [-0.1, -0.05) is 58.4 Å². The Labute approximate surface area is 157 Å². The number of alkyl carbamates (subject to hydrolysis) is 1. The van der Waals surface area contributed by atoms with Crippen molar-refractivity contribution in [1.82, 2.24) is 5.32 Å². The fourth-order valence-corrected chi connectivity index (χ4v) is 2.87. The van der Waals surface area contributed by atoms with E-state index in [1.165, 1.54) is 0 Å². The van der Waals surface area contributed by atoms with Crippen molar-refractivity contribution in [1.29, 1.82) is 0 Å². The Morgan fingerprint density at radius 2 is 1.92 bits per heavy atom. The lowest BCUT2D eigenvalue weighted by atomic mass is 9.95. The lowest BCUT2D eigenvalue weighted by Gasteiger charge is -2.21. The number of carbonyl (C=O) groups excluding carboxylic acids is 1. The maximum atomic E-state index is 11.9. The van der Waals surface area contributed by atoms with E-state index in [1.807, 2.05) is 55.5 Å². The van der Waals surface area contributed by atoms with E-state index in [0.29, 0.717) is 6.42 Å². The van der Waals surface area contributed by atoms with E-state index in [9.17, 15) is 9.90 Å². The largest absolute Gasteiger partial charge is 0.445 e. The van der Waals surface area contributed by atoms with Crippen molar-refractivity contribution in [3.63, 3.8) is 0 Å². The molecule has 2 N–H and O–H groups in total. The van der Waals surface area contributed by atoms with Crippen LogP contribution in [0.5, 0.6) is 0 Å². The number of aliphatic hydroxyl groups is 1. The first-order valence-corrected chi connectivity index (χ1v) is 9.03. The van der Waals surface area contributed by atoms with Gasteiger partial charge in [-0.05, 0) is 49.9 Å². The molecule has 25 heavy (non-hydrogen) atoms. The minimum atomic E-state index is -0.902. The van der Waals surface area contributed by atoms with Gasteiger partial charge in [-0.3, -0.25) is 0 Å². The molecule has 134 valence electrons. The van der Waals surface area contributed by atoms with Crippen LogP contribution in [0.3, 0.4) is 0 Å². The summed E-state index contributed by atoms with van der Waals surface area (Å²) in [4.78, 5) is 11.9. The normalized spacial score (nSPS) is 12.5. The van der Waals surface area contributed by atoms with Gasteiger partial charge in [0.15, 0.2) is 0 Å². The Kier molecular flexibility index (Phi) is 6.62. The number of amides is 1. The van der Waals surface area contributed by atoms with Gasteiger partial charge in [0.25, 0.3) is 0 Å². The van der Waals surface area contributed by atoms with Gasteiger partial charge in [-0.15, -0.1) is 0 Å². The molecular formula is C20H24BrNO3. The van der Waals surface area contributed by atoms with E-state index in [0.717, 1.165) is 21.2 Å². The number of benzene rings is 2. The van der Waals surface area contributed by atoms with Crippen LogP contribution in [0.1, 0.15) is 37.5 Å². The SMILES string of the molecule is CC(Cc1cc(C(C)(C)O)ccc1Br)NC(=O)OCc1ccccc1. The molecule has 0 bridgehead atoms. The molecule has 2 aromatic carbocycles.